The van der Waals surface area contributed by atoms with Gasteiger partial charge in [-0.1, -0.05) is 0 Å². The van der Waals surface area contributed by atoms with E-state index >= 15 is 0 Å². The molecule has 4 unspecified atom stereocenters. The van der Waals surface area contributed by atoms with Crippen LogP contribution in [0.2, 0.25) is 0 Å². The van der Waals surface area contributed by atoms with Gasteiger partial charge in [0, 0.05) is 43.7 Å². The second kappa shape index (κ2) is 7.20. The zero-order valence-corrected chi connectivity index (χ0v) is 17.4. The molecule has 2 aliphatic heterocycles. The van der Waals surface area contributed by atoms with Gasteiger partial charge in [0.2, 0.25) is 0 Å². The Morgan fingerprint density at radius 2 is 2.04 bits per heavy atom. The minimum Gasteiger partial charge on any atom is -0.372 e. The Morgan fingerprint density at radius 3 is 2.82 bits per heavy atom. The molecule has 0 bridgehead atoms. The van der Waals surface area contributed by atoms with E-state index in [0.29, 0.717) is 24.1 Å². The lowest BCUT2D eigenvalue weighted by molar-refractivity contribution is -0.0500. The molecule has 0 amide bonds. The fourth-order valence-electron chi connectivity index (χ4n) is 5.07. The first-order valence-corrected chi connectivity index (χ1v) is 11.0. The van der Waals surface area contributed by atoms with Crippen LogP contribution in [-0.4, -0.2) is 65.3 Å². The molecular weight excluding hydrogens is 352 g/mol. The molecule has 28 heavy (non-hydrogen) atoms. The first-order valence-electron chi connectivity index (χ1n) is 11.0. The molecule has 0 radical (unpaired) electrons. The number of ether oxygens (including phenoxy) is 1. The maximum absolute atomic E-state index is 6.42. The third kappa shape index (κ3) is 3.65. The van der Waals surface area contributed by atoms with Crippen molar-refractivity contribution in [3.63, 3.8) is 0 Å². The van der Waals surface area contributed by atoms with E-state index in [9.17, 15) is 0 Å². The Kier molecular flexibility index (Phi) is 4.82. The Morgan fingerprint density at radius 1 is 1.18 bits per heavy atom. The lowest BCUT2D eigenvalue weighted by atomic mass is 9.79. The van der Waals surface area contributed by atoms with Crippen molar-refractivity contribution in [3.05, 3.63) is 18.1 Å². The SMILES string of the molecule is C[C@@H]1CN(c2cc(C3NNC4CCC(OC5(C)CC5)CC43)ncn2)CCN1C. The summed E-state index contributed by atoms with van der Waals surface area (Å²) >= 11 is 0. The van der Waals surface area contributed by atoms with E-state index in [2.05, 4.69) is 57.6 Å². The van der Waals surface area contributed by atoms with Gasteiger partial charge in [0.1, 0.15) is 12.1 Å². The number of piperazine rings is 1. The highest BCUT2D eigenvalue weighted by Crippen LogP contribution is 2.45. The molecule has 0 spiro atoms. The molecule has 4 fully saturated rings. The van der Waals surface area contributed by atoms with Crippen LogP contribution >= 0.6 is 0 Å². The predicted octanol–water partition coefficient (Wildman–Crippen LogP) is 1.87. The molecular formula is C21H34N6O. The number of likely N-dealkylation sites (N-methyl/N-ethyl adjacent to an activating group) is 1. The molecule has 154 valence electrons. The number of anilines is 1. The van der Waals surface area contributed by atoms with Crippen molar-refractivity contribution in [2.75, 3.05) is 31.6 Å². The second-order valence-electron chi connectivity index (χ2n) is 9.62. The number of fused-ring (bicyclic) bond motifs is 1. The molecule has 4 aliphatic rings. The summed E-state index contributed by atoms with van der Waals surface area (Å²) in [5.74, 6) is 1.58. The van der Waals surface area contributed by atoms with E-state index in [1.165, 1.54) is 19.3 Å². The summed E-state index contributed by atoms with van der Waals surface area (Å²) in [5.41, 5.74) is 8.33. The van der Waals surface area contributed by atoms with Crippen LogP contribution in [0.15, 0.2) is 12.4 Å². The number of nitrogens with zero attached hydrogens (tertiary/aromatic N) is 4. The predicted molar refractivity (Wildman–Crippen MR) is 109 cm³/mol. The Balaban J connectivity index is 1.30. The van der Waals surface area contributed by atoms with Crippen LogP contribution in [0.25, 0.3) is 0 Å². The van der Waals surface area contributed by atoms with Crippen molar-refractivity contribution in [1.29, 1.82) is 0 Å². The number of rotatable bonds is 4. The highest BCUT2D eigenvalue weighted by atomic mass is 16.5. The van der Waals surface area contributed by atoms with E-state index in [4.69, 9.17) is 4.74 Å². The summed E-state index contributed by atoms with van der Waals surface area (Å²) in [6.45, 7) is 7.66. The molecule has 7 heteroatoms. The number of nitrogens with one attached hydrogen (secondary N) is 2. The van der Waals surface area contributed by atoms with E-state index < -0.39 is 0 Å². The van der Waals surface area contributed by atoms with E-state index in [0.717, 1.165) is 44.0 Å². The zero-order chi connectivity index (χ0) is 19.3. The molecule has 2 saturated heterocycles. The van der Waals surface area contributed by atoms with Gasteiger partial charge in [0.05, 0.1) is 23.4 Å². The fourth-order valence-corrected chi connectivity index (χ4v) is 5.07. The summed E-state index contributed by atoms with van der Waals surface area (Å²) < 4.78 is 6.42. The summed E-state index contributed by atoms with van der Waals surface area (Å²) in [4.78, 5) is 14.1. The van der Waals surface area contributed by atoms with Crippen LogP contribution in [0.3, 0.4) is 0 Å². The van der Waals surface area contributed by atoms with Gasteiger partial charge in [0.25, 0.3) is 0 Å². The van der Waals surface area contributed by atoms with Crippen molar-refractivity contribution in [3.8, 4) is 0 Å². The van der Waals surface area contributed by atoms with Crippen LogP contribution in [0.4, 0.5) is 5.82 Å². The van der Waals surface area contributed by atoms with Crippen LogP contribution in [0.5, 0.6) is 0 Å². The molecule has 7 nitrogen and oxygen atoms in total. The Bertz CT molecular complexity index is 710. The van der Waals surface area contributed by atoms with Gasteiger partial charge in [-0.25, -0.2) is 15.4 Å². The highest BCUT2D eigenvalue weighted by molar-refractivity contribution is 5.41. The largest absolute Gasteiger partial charge is 0.372 e. The average molecular weight is 387 g/mol. The molecule has 3 heterocycles. The van der Waals surface area contributed by atoms with Gasteiger partial charge in [-0.05, 0) is 53.0 Å². The van der Waals surface area contributed by atoms with Crippen LogP contribution in [-0.2, 0) is 4.74 Å². The normalized spacial score (nSPS) is 37.7. The van der Waals surface area contributed by atoms with E-state index in [-0.39, 0.29) is 11.6 Å². The Hall–Kier alpha value is -1.28. The molecule has 2 aliphatic carbocycles. The van der Waals surface area contributed by atoms with Crippen molar-refractivity contribution in [1.82, 2.24) is 25.7 Å². The molecule has 5 rings (SSSR count). The molecule has 1 aromatic rings. The first-order chi connectivity index (χ1) is 13.5. The topological polar surface area (TPSA) is 65.5 Å². The van der Waals surface area contributed by atoms with Crippen molar-refractivity contribution in [2.45, 2.75) is 75.8 Å². The van der Waals surface area contributed by atoms with E-state index in [1.54, 1.807) is 6.33 Å². The van der Waals surface area contributed by atoms with Gasteiger partial charge >= 0.3 is 0 Å². The summed E-state index contributed by atoms with van der Waals surface area (Å²) in [5, 5.41) is 0. The minimum absolute atomic E-state index is 0.159. The number of hydrogen-bond acceptors (Lipinski definition) is 7. The smallest absolute Gasteiger partial charge is 0.132 e. The second-order valence-corrected chi connectivity index (χ2v) is 9.62. The van der Waals surface area contributed by atoms with Crippen molar-refractivity contribution >= 4 is 5.82 Å². The third-order valence-corrected chi connectivity index (χ3v) is 7.39. The molecule has 2 N–H and O–H groups in total. The minimum atomic E-state index is 0.159. The van der Waals surface area contributed by atoms with Crippen LogP contribution in [0, 0.1) is 5.92 Å². The maximum atomic E-state index is 6.42. The lowest BCUT2D eigenvalue weighted by Gasteiger charge is -2.38. The quantitative estimate of drug-likeness (QED) is 0.819. The van der Waals surface area contributed by atoms with Gasteiger partial charge < -0.3 is 14.5 Å². The van der Waals surface area contributed by atoms with Gasteiger partial charge in [-0.3, -0.25) is 5.43 Å². The number of hydrazine groups is 1. The molecule has 5 atom stereocenters. The molecule has 1 aromatic heterocycles. The van der Waals surface area contributed by atoms with Gasteiger partial charge in [-0.2, -0.15) is 0 Å². The summed E-state index contributed by atoms with van der Waals surface area (Å²) in [7, 11) is 2.20. The first kappa shape index (κ1) is 18.7. The van der Waals surface area contributed by atoms with Crippen molar-refractivity contribution < 1.29 is 4.74 Å². The number of hydrogen-bond donors (Lipinski definition) is 2. The third-order valence-electron chi connectivity index (χ3n) is 7.39. The Labute approximate surface area is 168 Å². The highest BCUT2D eigenvalue weighted by Gasteiger charge is 2.46. The zero-order valence-electron chi connectivity index (χ0n) is 17.4. The van der Waals surface area contributed by atoms with Gasteiger partial charge in [0.15, 0.2) is 0 Å². The van der Waals surface area contributed by atoms with Crippen LogP contribution < -0.4 is 15.8 Å². The molecule has 0 aromatic carbocycles. The van der Waals surface area contributed by atoms with E-state index in [1.807, 2.05) is 0 Å². The maximum Gasteiger partial charge on any atom is 0.132 e. The monoisotopic (exact) mass is 386 g/mol. The fraction of sp³-hybridized carbons (Fsp3) is 0.810. The summed E-state index contributed by atoms with van der Waals surface area (Å²) in [6, 6.07) is 3.49. The number of aromatic nitrogens is 2. The van der Waals surface area contributed by atoms with Gasteiger partial charge in [-0.15, -0.1) is 0 Å². The van der Waals surface area contributed by atoms with Crippen molar-refractivity contribution in [2.24, 2.45) is 5.92 Å². The standard InChI is InChI=1S/C21H34N6O/c1-14-12-27(9-8-26(14)3)19-11-18(22-13-23-19)20-16-10-15(28-21(2)6-7-21)4-5-17(16)24-25-20/h11,13-17,20,24-25H,4-10,12H2,1-3H3/t14-,15?,16?,17?,20?/m1/s1. The lowest BCUT2D eigenvalue weighted by Crippen LogP contribution is -2.50. The summed E-state index contributed by atoms with van der Waals surface area (Å²) in [6.07, 6.45) is 8.00. The average Bonchev–Trinajstić information content (AvgIpc) is 3.26. The van der Waals surface area contributed by atoms with Crippen LogP contribution in [0.1, 0.15) is 57.7 Å². The molecule has 2 saturated carbocycles.